The fourth-order valence-corrected chi connectivity index (χ4v) is 2.66. The quantitative estimate of drug-likeness (QED) is 0.804. The number of rotatable bonds is 4. The number of hydrogen-bond acceptors (Lipinski definition) is 4. The molecule has 20 heavy (non-hydrogen) atoms. The van der Waals surface area contributed by atoms with Gasteiger partial charge in [-0.25, -0.2) is 4.68 Å². The fourth-order valence-electron chi connectivity index (χ4n) is 2.66. The lowest BCUT2D eigenvalue weighted by atomic mass is 10.2. The van der Waals surface area contributed by atoms with Gasteiger partial charge in [-0.05, 0) is 31.4 Å². The van der Waals surface area contributed by atoms with E-state index in [1.807, 2.05) is 23.0 Å². The average Bonchev–Trinajstić information content (AvgIpc) is 3.23. The molecule has 5 heteroatoms. The predicted molar refractivity (Wildman–Crippen MR) is 73.8 cm³/mol. The van der Waals surface area contributed by atoms with Crippen LogP contribution in [0.5, 0.6) is 5.75 Å². The lowest BCUT2D eigenvalue weighted by Gasteiger charge is -2.23. The summed E-state index contributed by atoms with van der Waals surface area (Å²) in [7, 11) is 0. The van der Waals surface area contributed by atoms with E-state index in [9.17, 15) is 0 Å². The number of ether oxygens (including phenoxy) is 3. The van der Waals surface area contributed by atoms with Crippen LogP contribution in [0.25, 0.3) is 10.9 Å². The summed E-state index contributed by atoms with van der Waals surface area (Å²) >= 11 is 0. The molecule has 2 unspecified atom stereocenters. The molecule has 0 saturated carbocycles. The summed E-state index contributed by atoms with van der Waals surface area (Å²) in [4.78, 5) is 0. The van der Waals surface area contributed by atoms with Gasteiger partial charge in [-0.3, -0.25) is 0 Å². The molecule has 5 nitrogen and oxygen atoms in total. The highest BCUT2D eigenvalue weighted by Crippen LogP contribution is 2.30. The third-order valence-corrected chi connectivity index (χ3v) is 3.86. The van der Waals surface area contributed by atoms with Crippen molar-refractivity contribution >= 4 is 10.9 Å². The van der Waals surface area contributed by atoms with Gasteiger partial charge in [0, 0.05) is 6.61 Å². The number of epoxide rings is 1. The average molecular weight is 274 g/mol. The number of fused-ring (bicyclic) bond motifs is 1. The summed E-state index contributed by atoms with van der Waals surface area (Å²) in [6, 6.07) is 6.06. The highest BCUT2D eigenvalue weighted by molar-refractivity contribution is 5.85. The minimum absolute atomic E-state index is 0.0586. The topological polar surface area (TPSA) is 48.8 Å². The molecular formula is C15H18N2O3. The second kappa shape index (κ2) is 5.07. The molecule has 2 aliphatic heterocycles. The Hall–Kier alpha value is -1.59. The van der Waals surface area contributed by atoms with Crippen molar-refractivity contribution in [3.63, 3.8) is 0 Å². The maximum absolute atomic E-state index is 5.82. The Morgan fingerprint density at radius 2 is 2.25 bits per heavy atom. The molecule has 0 bridgehead atoms. The van der Waals surface area contributed by atoms with Crippen molar-refractivity contribution < 1.29 is 14.2 Å². The van der Waals surface area contributed by atoms with Gasteiger partial charge in [0.15, 0.2) is 6.23 Å². The normalized spacial score (nSPS) is 25.8. The van der Waals surface area contributed by atoms with Gasteiger partial charge in [-0.1, -0.05) is 6.07 Å². The first-order chi connectivity index (χ1) is 9.92. The van der Waals surface area contributed by atoms with Crippen LogP contribution in [0.1, 0.15) is 25.5 Å². The minimum Gasteiger partial charge on any atom is -0.490 e. The Kier molecular flexibility index (Phi) is 3.09. The standard InChI is InChI=1S/C15H18N2O3/c1-2-7-18-15(6-1)17-13-4-3-5-14(12(13)8-16-17)20-10-11-9-19-11/h3-5,8,11,15H,1-2,6-7,9-10H2. The van der Waals surface area contributed by atoms with Crippen LogP contribution in [0.2, 0.25) is 0 Å². The van der Waals surface area contributed by atoms with Gasteiger partial charge in [0.2, 0.25) is 0 Å². The first kappa shape index (κ1) is 12.2. The fraction of sp³-hybridized carbons (Fsp3) is 0.533. The Balaban J connectivity index is 1.63. The first-order valence-electron chi connectivity index (χ1n) is 7.24. The van der Waals surface area contributed by atoms with E-state index in [1.54, 1.807) is 0 Å². The maximum atomic E-state index is 5.82. The SMILES string of the molecule is c1cc(OCC2CO2)c2cnn(C3CCCCO3)c2c1. The lowest BCUT2D eigenvalue weighted by Crippen LogP contribution is -2.18. The minimum atomic E-state index is 0.0586. The molecule has 2 atom stereocenters. The number of aromatic nitrogens is 2. The van der Waals surface area contributed by atoms with Crippen molar-refractivity contribution in [3.8, 4) is 5.75 Å². The molecule has 2 saturated heterocycles. The third kappa shape index (κ3) is 2.27. The van der Waals surface area contributed by atoms with Crippen molar-refractivity contribution in [2.75, 3.05) is 19.8 Å². The van der Waals surface area contributed by atoms with Gasteiger partial charge in [0.25, 0.3) is 0 Å². The number of nitrogens with zero attached hydrogens (tertiary/aromatic N) is 2. The molecule has 2 aromatic rings. The molecule has 0 aliphatic carbocycles. The molecule has 0 radical (unpaired) electrons. The van der Waals surface area contributed by atoms with Gasteiger partial charge in [0.05, 0.1) is 23.7 Å². The van der Waals surface area contributed by atoms with Crippen molar-refractivity contribution in [3.05, 3.63) is 24.4 Å². The summed E-state index contributed by atoms with van der Waals surface area (Å²) in [5.74, 6) is 0.875. The predicted octanol–water partition coefficient (Wildman–Crippen LogP) is 2.51. The molecule has 4 rings (SSSR count). The van der Waals surface area contributed by atoms with Crippen molar-refractivity contribution in [2.45, 2.75) is 31.6 Å². The van der Waals surface area contributed by atoms with E-state index < -0.39 is 0 Å². The van der Waals surface area contributed by atoms with Crippen LogP contribution < -0.4 is 4.74 Å². The van der Waals surface area contributed by atoms with E-state index in [1.165, 1.54) is 6.42 Å². The number of benzene rings is 1. The van der Waals surface area contributed by atoms with E-state index in [-0.39, 0.29) is 12.3 Å². The molecule has 1 aromatic heterocycles. The smallest absolute Gasteiger partial charge is 0.150 e. The zero-order valence-electron chi connectivity index (χ0n) is 11.3. The van der Waals surface area contributed by atoms with Gasteiger partial charge in [-0.15, -0.1) is 0 Å². The van der Waals surface area contributed by atoms with E-state index in [4.69, 9.17) is 14.2 Å². The summed E-state index contributed by atoms with van der Waals surface area (Å²) in [6.07, 6.45) is 5.56. The van der Waals surface area contributed by atoms with Crippen molar-refractivity contribution in [1.29, 1.82) is 0 Å². The molecule has 2 aliphatic rings. The van der Waals surface area contributed by atoms with E-state index in [0.29, 0.717) is 6.61 Å². The van der Waals surface area contributed by atoms with Crippen LogP contribution in [0.3, 0.4) is 0 Å². The molecule has 3 heterocycles. The van der Waals surface area contributed by atoms with Crippen LogP contribution in [0.15, 0.2) is 24.4 Å². The van der Waals surface area contributed by atoms with Crippen LogP contribution in [0, 0.1) is 0 Å². The van der Waals surface area contributed by atoms with Crippen LogP contribution >= 0.6 is 0 Å². The van der Waals surface area contributed by atoms with E-state index in [2.05, 4.69) is 11.2 Å². The summed E-state index contributed by atoms with van der Waals surface area (Å²) in [5, 5.41) is 5.55. The Labute approximate surface area is 117 Å². The number of hydrogen-bond donors (Lipinski definition) is 0. The zero-order valence-corrected chi connectivity index (χ0v) is 11.3. The van der Waals surface area contributed by atoms with Crippen LogP contribution in [-0.4, -0.2) is 35.7 Å². The highest BCUT2D eigenvalue weighted by Gasteiger charge is 2.24. The highest BCUT2D eigenvalue weighted by atomic mass is 16.6. The van der Waals surface area contributed by atoms with Gasteiger partial charge in [-0.2, -0.15) is 5.10 Å². The zero-order chi connectivity index (χ0) is 13.4. The Bertz CT molecular complexity index is 600. The lowest BCUT2D eigenvalue weighted by molar-refractivity contribution is -0.0366. The monoisotopic (exact) mass is 274 g/mol. The van der Waals surface area contributed by atoms with Crippen LogP contribution in [0.4, 0.5) is 0 Å². The summed E-state index contributed by atoms with van der Waals surface area (Å²) in [6.45, 7) is 2.25. The van der Waals surface area contributed by atoms with Crippen molar-refractivity contribution in [2.24, 2.45) is 0 Å². The van der Waals surface area contributed by atoms with Crippen molar-refractivity contribution in [1.82, 2.24) is 9.78 Å². The van der Waals surface area contributed by atoms with Crippen LogP contribution in [-0.2, 0) is 9.47 Å². The molecule has 0 N–H and O–H groups in total. The Morgan fingerprint density at radius 1 is 1.30 bits per heavy atom. The molecular weight excluding hydrogens is 256 g/mol. The maximum Gasteiger partial charge on any atom is 0.150 e. The largest absolute Gasteiger partial charge is 0.490 e. The second-order valence-corrected chi connectivity index (χ2v) is 5.37. The summed E-state index contributed by atoms with van der Waals surface area (Å²) in [5.41, 5.74) is 1.08. The summed E-state index contributed by atoms with van der Waals surface area (Å²) < 4.78 is 18.8. The molecule has 0 spiro atoms. The van der Waals surface area contributed by atoms with Gasteiger partial charge in [0.1, 0.15) is 18.5 Å². The third-order valence-electron chi connectivity index (χ3n) is 3.86. The molecule has 2 fully saturated rings. The van der Waals surface area contributed by atoms with Gasteiger partial charge >= 0.3 is 0 Å². The molecule has 0 amide bonds. The first-order valence-corrected chi connectivity index (χ1v) is 7.24. The second-order valence-electron chi connectivity index (χ2n) is 5.37. The van der Waals surface area contributed by atoms with E-state index in [0.717, 1.165) is 42.7 Å². The Morgan fingerprint density at radius 3 is 3.05 bits per heavy atom. The van der Waals surface area contributed by atoms with E-state index >= 15 is 0 Å². The van der Waals surface area contributed by atoms with Gasteiger partial charge < -0.3 is 14.2 Å². The molecule has 106 valence electrons. The molecule has 1 aromatic carbocycles.